The number of carbonyl (C=O) groups is 1. The monoisotopic (exact) mass is 318 g/mol. The Morgan fingerprint density at radius 3 is 2.78 bits per heavy atom. The summed E-state index contributed by atoms with van der Waals surface area (Å²) in [5.74, 6) is -1.88. The van der Waals surface area contributed by atoms with E-state index in [1.165, 1.54) is 18.2 Å². The summed E-state index contributed by atoms with van der Waals surface area (Å²) >= 11 is 0. The average molecular weight is 318 g/mol. The van der Waals surface area contributed by atoms with Crippen molar-refractivity contribution in [1.29, 1.82) is 0 Å². The van der Waals surface area contributed by atoms with Crippen LogP contribution < -0.4 is 5.32 Å². The molecule has 0 aliphatic rings. The van der Waals surface area contributed by atoms with Crippen LogP contribution in [-0.4, -0.2) is 21.1 Å². The summed E-state index contributed by atoms with van der Waals surface area (Å²) in [4.78, 5) is 16.1. The van der Waals surface area contributed by atoms with Crippen LogP contribution in [-0.2, 0) is 0 Å². The lowest BCUT2D eigenvalue weighted by molar-refractivity contribution is 0.0994. The maximum atomic E-state index is 13.7. The van der Waals surface area contributed by atoms with Crippen LogP contribution in [0, 0.1) is 25.5 Å². The van der Waals surface area contributed by atoms with Crippen molar-refractivity contribution < 1.29 is 18.0 Å². The van der Waals surface area contributed by atoms with Crippen LogP contribution in [0.2, 0.25) is 0 Å². The SMILES string of the molecule is Cc1nc(C)c(C(=O)Nc2cc(-c3cccc(F)c3F)[nH]n2)o1. The van der Waals surface area contributed by atoms with E-state index < -0.39 is 17.5 Å². The number of hydrogen-bond donors (Lipinski definition) is 2. The number of aryl methyl sites for hydroxylation is 2. The number of halogens is 2. The first kappa shape index (κ1) is 14.9. The fraction of sp³-hybridized carbons (Fsp3) is 0.133. The van der Waals surface area contributed by atoms with Crippen molar-refractivity contribution in [1.82, 2.24) is 15.2 Å². The van der Waals surface area contributed by atoms with Crippen molar-refractivity contribution >= 4 is 11.7 Å². The van der Waals surface area contributed by atoms with Gasteiger partial charge in [-0.25, -0.2) is 13.8 Å². The van der Waals surface area contributed by atoms with Gasteiger partial charge in [0.1, 0.15) is 0 Å². The first-order valence-corrected chi connectivity index (χ1v) is 6.71. The summed E-state index contributed by atoms with van der Waals surface area (Å²) in [5.41, 5.74) is 0.708. The normalized spacial score (nSPS) is 10.8. The number of amides is 1. The number of nitrogens with zero attached hydrogens (tertiary/aromatic N) is 2. The van der Waals surface area contributed by atoms with Gasteiger partial charge in [-0.05, 0) is 19.1 Å². The molecule has 0 fully saturated rings. The number of nitrogens with one attached hydrogen (secondary N) is 2. The molecule has 2 N–H and O–H groups in total. The van der Waals surface area contributed by atoms with Crippen LogP contribution in [0.15, 0.2) is 28.7 Å². The molecule has 0 atom stereocenters. The molecule has 23 heavy (non-hydrogen) atoms. The highest BCUT2D eigenvalue weighted by Gasteiger charge is 2.18. The van der Waals surface area contributed by atoms with Crippen LogP contribution in [0.5, 0.6) is 0 Å². The average Bonchev–Trinajstić information content (AvgIpc) is 3.08. The molecule has 8 heteroatoms. The van der Waals surface area contributed by atoms with Crippen LogP contribution in [0.4, 0.5) is 14.6 Å². The number of carbonyl (C=O) groups excluding carboxylic acids is 1. The molecule has 0 unspecified atom stereocenters. The Labute approximate surface area is 129 Å². The third-order valence-electron chi connectivity index (χ3n) is 3.17. The van der Waals surface area contributed by atoms with E-state index in [1.54, 1.807) is 13.8 Å². The van der Waals surface area contributed by atoms with Crippen LogP contribution in [0.1, 0.15) is 22.1 Å². The van der Waals surface area contributed by atoms with Crippen molar-refractivity contribution in [3.63, 3.8) is 0 Å². The van der Waals surface area contributed by atoms with Gasteiger partial charge in [0, 0.05) is 18.6 Å². The molecule has 0 aliphatic carbocycles. The molecule has 0 spiro atoms. The number of rotatable bonds is 3. The lowest BCUT2D eigenvalue weighted by Gasteiger charge is -2.00. The Kier molecular flexibility index (Phi) is 3.65. The third kappa shape index (κ3) is 2.83. The summed E-state index contributed by atoms with van der Waals surface area (Å²) < 4.78 is 32.2. The van der Waals surface area contributed by atoms with Gasteiger partial charge in [0.2, 0.25) is 5.76 Å². The van der Waals surface area contributed by atoms with Crippen molar-refractivity contribution in [2.75, 3.05) is 5.32 Å². The fourth-order valence-corrected chi connectivity index (χ4v) is 2.15. The van der Waals surface area contributed by atoms with E-state index >= 15 is 0 Å². The Morgan fingerprint density at radius 2 is 2.09 bits per heavy atom. The number of oxazole rings is 1. The Bertz CT molecular complexity index is 885. The molecule has 2 aromatic heterocycles. The molecule has 6 nitrogen and oxygen atoms in total. The van der Waals surface area contributed by atoms with Gasteiger partial charge in [0.25, 0.3) is 5.91 Å². The first-order valence-electron chi connectivity index (χ1n) is 6.71. The smallest absolute Gasteiger partial charge is 0.294 e. The maximum absolute atomic E-state index is 13.7. The van der Waals surface area contributed by atoms with Gasteiger partial charge in [-0.2, -0.15) is 5.10 Å². The van der Waals surface area contributed by atoms with Gasteiger partial charge in [0.05, 0.1) is 11.4 Å². The molecule has 0 saturated carbocycles. The molecule has 0 radical (unpaired) electrons. The number of anilines is 1. The molecule has 1 aromatic carbocycles. The van der Waals surface area contributed by atoms with E-state index in [-0.39, 0.29) is 22.8 Å². The zero-order chi connectivity index (χ0) is 16.6. The second-order valence-corrected chi connectivity index (χ2v) is 4.87. The topological polar surface area (TPSA) is 83.8 Å². The van der Waals surface area contributed by atoms with Gasteiger partial charge in [0.15, 0.2) is 23.3 Å². The zero-order valence-electron chi connectivity index (χ0n) is 12.3. The number of H-pyrrole nitrogens is 1. The minimum atomic E-state index is -0.990. The standard InChI is InChI=1S/C15H12F2N4O2/c1-7-14(23-8(2)18-7)15(22)19-12-6-11(20-21-12)9-4-3-5-10(16)13(9)17/h3-6H,1-2H3,(H2,19,20,21,22). The number of hydrogen-bond acceptors (Lipinski definition) is 4. The number of benzene rings is 1. The van der Waals surface area contributed by atoms with E-state index in [1.807, 2.05) is 0 Å². The Morgan fingerprint density at radius 1 is 1.30 bits per heavy atom. The number of aromatic amines is 1. The molecule has 3 aromatic rings. The van der Waals surface area contributed by atoms with Crippen molar-refractivity contribution in [2.24, 2.45) is 0 Å². The number of aromatic nitrogens is 3. The highest BCUT2D eigenvalue weighted by molar-refractivity contribution is 6.02. The van der Waals surface area contributed by atoms with Crippen molar-refractivity contribution in [3.8, 4) is 11.3 Å². The molecular weight excluding hydrogens is 306 g/mol. The lowest BCUT2D eigenvalue weighted by atomic mass is 10.1. The largest absolute Gasteiger partial charge is 0.436 e. The van der Waals surface area contributed by atoms with Crippen LogP contribution in [0.25, 0.3) is 11.3 Å². The van der Waals surface area contributed by atoms with E-state index in [9.17, 15) is 13.6 Å². The molecule has 0 bridgehead atoms. The minimum absolute atomic E-state index is 0.0182. The van der Waals surface area contributed by atoms with Gasteiger partial charge >= 0.3 is 0 Å². The van der Waals surface area contributed by atoms with Gasteiger partial charge in [-0.15, -0.1) is 0 Å². The quantitative estimate of drug-likeness (QED) is 0.776. The first-order chi connectivity index (χ1) is 11.0. The molecule has 0 aliphatic heterocycles. The molecule has 3 rings (SSSR count). The molecule has 0 saturated heterocycles. The van der Waals surface area contributed by atoms with Crippen molar-refractivity contribution in [3.05, 3.63) is 53.2 Å². The van der Waals surface area contributed by atoms with Crippen LogP contribution in [0.3, 0.4) is 0 Å². The highest BCUT2D eigenvalue weighted by Crippen LogP contribution is 2.24. The predicted octanol–water partition coefficient (Wildman–Crippen LogP) is 3.21. The van der Waals surface area contributed by atoms with Crippen molar-refractivity contribution in [2.45, 2.75) is 13.8 Å². The van der Waals surface area contributed by atoms with Crippen LogP contribution >= 0.6 is 0 Å². The second-order valence-electron chi connectivity index (χ2n) is 4.87. The highest BCUT2D eigenvalue weighted by atomic mass is 19.2. The lowest BCUT2D eigenvalue weighted by Crippen LogP contribution is -2.12. The van der Waals surface area contributed by atoms with Gasteiger partial charge in [-0.3, -0.25) is 9.89 Å². The summed E-state index contributed by atoms with van der Waals surface area (Å²) in [6, 6.07) is 5.20. The van der Waals surface area contributed by atoms with E-state index in [0.717, 1.165) is 6.07 Å². The Hall–Kier alpha value is -3.03. The fourth-order valence-electron chi connectivity index (χ4n) is 2.15. The maximum Gasteiger partial charge on any atom is 0.294 e. The summed E-state index contributed by atoms with van der Waals surface area (Å²) in [6.07, 6.45) is 0. The van der Waals surface area contributed by atoms with E-state index in [0.29, 0.717) is 11.6 Å². The second kappa shape index (κ2) is 5.64. The molecule has 118 valence electrons. The third-order valence-corrected chi connectivity index (χ3v) is 3.17. The molecule has 1 amide bonds. The van der Waals surface area contributed by atoms with E-state index in [4.69, 9.17) is 4.42 Å². The molecule has 2 heterocycles. The predicted molar refractivity (Wildman–Crippen MR) is 77.9 cm³/mol. The van der Waals surface area contributed by atoms with Gasteiger partial charge in [-0.1, -0.05) is 6.07 Å². The Balaban J connectivity index is 1.84. The summed E-state index contributed by atoms with van der Waals surface area (Å²) in [7, 11) is 0. The summed E-state index contributed by atoms with van der Waals surface area (Å²) in [6.45, 7) is 3.27. The summed E-state index contributed by atoms with van der Waals surface area (Å²) in [5, 5.41) is 8.91. The molecular formula is C15H12F2N4O2. The minimum Gasteiger partial charge on any atom is -0.436 e. The van der Waals surface area contributed by atoms with E-state index in [2.05, 4.69) is 20.5 Å². The van der Waals surface area contributed by atoms with Gasteiger partial charge < -0.3 is 9.73 Å². The zero-order valence-corrected chi connectivity index (χ0v) is 12.3.